The molecule has 156 valence electrons. The van der Waals surface area contributed by atoms with E-state index in [9.17, 15) is 22.0 Å². The summed E-state index contributed by atoms with van der Waals surface area (Å²) in [6, 6.07) is 17.3. The standard InChI is InChI=1S/C21H17ClF2N2O3S/c22-16-9-11-17(12-10-16)30(28,29)26(13-15-5-2-1-3-6-15)14-20(27)25-21-18(23)7-4-8-19(21)24/h1-12H,13-14H2,(H,25,27). The molecular weight excluding hydrogens is 434 g/mol. The molecule has 0 spiro atoms. The SMILES string of the molecule is O=C(CN(Cc1ccccc1)S(=O)(=O)c1ccc(Cl)cc1)Nc1c(F)cccc1F. The highest BCUT2D eigenvalue weighted by Crippen LogP contribution is 2.22. The third kappa shape index (κ3) is 5.21. The van der Waals surface area contributed by atoms with Gasteiger partial charge < -0.3 is 5.32 Å². The van der Waals surface area contributed by atoms with Crippen molar-refractivity contribution in [3.63, 3.8) is 0 Å². The molecule has 0 aromatic heterocycles. The van der Waals surface area contributed by atoms with Gasteiger partial charge in [0.2, 0.25) is 15.9 Å². The molecule has 0 saturated heterocycles. The molecule has 0 aliphatic carbocycles. The second-order valence-corrected chi connectivity index (χ2v) is 8.73. The van der Waals surface area contributed by atoms with Gasteiger partial charge in [0.15, 0.2) is 0 Å². The zero-order valence-corrected chi connectivity index (χ0v) is 17.1. The molecule has 0 fully saturated rings. The molecule has 0 saturated carbocycles. The van der Waals surface area contributed by atoms with Crippen LogP contribution in [0.25, 0.3) is 0 Å². The summed E-state index contributed by atoms with van der Waals surface area (Å²) in [7, 11) is -4.10. The predicted molar refractivity (Wildman–Crippen MR) is 110 cm³/mol. The topological polar surface area (TPSA) is 66.5 Å². The van der Waals surface area contributed by atoms with Gasteiger partial charge in [0, 0.05) is 11.6 Å². The average Bonchev–Trinajstić information content (AvgIpc) is 2.71. The van der Waals surface area contributed by atoms with E-state index in [1.165, 1.54) is 24.3 Å². The summed E-state index contributed by atoms with van der Waals surface area (Å²) in [5, 5.41) is 2.47. The number of nitrogens with zero attached hydrogens (tertiary/aromatic N) is 1. The quantitative estimate of drug-likeness (QED) is 0.578. The third-order valence-corrected chi connectivity index (χ3v) is 6.26. The lowest BCUT2D eigenvalue weighted by Gasteiger charge is -2.22. The lowest BCUT2D eigenvalue weighted by Crippen LogP contribution is -2.37. The first kappa shape index (κ1) is 21.9. The Morgan fingerprint density at radius 2 is 1.50 bits per heavy atom. The third-order valence-electron chi connectivity index (χ3n) is 4.20. The van der Waals surface area contributed by atoms with Gasteiger partial charge in [-0.3, -0.25) is 4.79 Å². The second-order valence-electron chi connectivity index (χ2n) is 6.36. The minimum absolute atomic E-state index is 0.0623. The highest BCUT2D eigenvalue weighted by molar-refractivity contribution is 7.89. The highest BCUT2D eigenvalue weighted by atomic mass is 35.5. The number of carbonyl (C=O) groups excluding carboxylic acids is 1. The normalized spacial score (nSPS) is 11.5. The number of nitrogens with one attached hydrogen (secondary N) is 1. The van der Waals surface area contributed by atoms with Crippen molar-refractivity contribution in [1.29, 1.82) is 0 Å². The summed E-state index contributed by atoms with van der Waals surface area (Å²) in [4.78, 5) is 12.4. The first-order chi connectivity index (χ1) is 14.3. The van der Waals surface area contributed by atoms with Crippen LogP contribution in [-0.4, -0.2) is 25.2 Å². The molecule has 0 aliphatic heterocycles. The van der Waals surface area contributed by atoms with E-state index in [4.69, 9.17) is 11.6 Å². The van der Waals surface area contributed by atoms with Gasteiger partial charge in [0.25, 0.3) is 0 Å². The number of carbonyl (C=O) groups is 1. The van der Waals surface area contributed by atoms with Crippen molar-refractivity contribution in [3.05, 3.63) is 95.0 Å². The maximum absolute atomic E-state index is 13.8. The molecule has 0 radical (unpaired) electrons. The number of anilines is 1. The number of halogens is 3. The van der Waals surface area contributed by atoms with Gasteiger partial charge in [-0.25, -0.2) is 17.2 Å². The molecule has 0 aliphatic rings. The van der Waals surface area contributed by atoms with Crippen LogP contribution < -0.4 is 5.32 Å². The van der Waals surface area contributed by atoms with E-state index in [2.05, 4.69) is 5.32 Å². The predicted octanol–water partition coefficient (Wildman–Crippen LogP) is 4.45. The molecule has 5 nitrogen and oxygen atoms in total. The molecule has 3 rings (SSSR count). The summed E-state index contributed by atoms with van der Waals surface area (Å²) in [5.74, 6) is -2.80. The largest absolute Gasteiger partial charge is 0.320 e. The Labute approximate surface area is 178 Å². The fraction of sp³-hybridized carbons (Fsp3) is 0.0952. The van der Waals surface area contributed by atoms with Crippen LogP contribution in [0.15, 0.2) is 77.7 Å². The second kappa shape index (κ2) is 9.34. The van der Waals surface area contributed by atoms with Crippen molar-refractivity contribution in [2.45, 2.75) is 11.4 Å². The van der Waals surface area contributed by atoms with Crippen molar-refractivity contribution in [2.75, 3.05) is 11.9 Å². The molecule has 1 N–H and O–H groups in total. The van der Waals surface area contributed by atoms with E-state index in [1.807, 2.05) is 0 Å². The van der Waals surface area contributed by atoms with Gasteiger partial charge in [0.05, 0.1) is 11.4 Å². The summed E-state index contributed by atoms with van der Waals surface area (Å²) in [5.41, 5.74) is 0.00552. The highest BCUT2D eigenvalue weighted by Gasteiger charge is 2.27. The minimum atomic E-state index is -4.10. The Hall–Kier alpha value is -2.81. The van der Waals surface area contributed by atoms with Gasteiger partial charge in [0.1, 0.15) is 17.3 Å². The molecule has 3 aromatic carbocycles. The molecule has 0 unspecified atom stereocenters. The minimum Gasteiger partial charge on any atom is -0.320 e. The van der Waals surface area contributed by atoms with E-state index < -0.39 is 39.8 Å². The average molecular weight is 451 g/mol. The van der Waals surface area contributed by atoms with Crippen molar-refractivity contribution in [2.24, 2.45) is 0 Å². The number of benzene rings is 3. The number of rotatable bonds is 7. The van der Waals surface area contributed by atoms with Crippen LogP contribution in [0.2, 0.25) is 5.02 Å². The zero-order chi connectivity index (χ0) is 21.7. The zero-order valence-electron chi connectivity index (χ0n) is 15.6. The van der Waals surface area contributed by atoms with Crippen LogP contribution >= 0.6 is 11.6 Å². The maximum atomic E-state index is 13.8. The van der Waals surface area contributed by atoms with Crippen molar-refractivity contribution >= 4 is 33.2 Å². The summed E-state index contributed by atoms with van der Waals surface area (Å²) in [6.07, 6.45) is 0. The Kier molecular flexibility index (Phi) is 6.81. The lowest BCUT2D eigenvalue weighted by molar-refractivity contribution is -0.116. The Morgan fingerprint density at radius 3 is 2.10 bits per heavy atom. The van der Waals surface area contributed by atoms with Crippen LogP contribution in [0.5, 0.6) is 0 Å². The van der Waals surface area contributed by atoms with Gasteiger partial charge in [-0.2, -0.15) is 4.31 Å². The van der Waals surface area contributed by atoms with Crippen LogP contribution in [0.4, 0.5) is 14.5 Å². The Morgan fingerprint density at radius 1 is 0.900 bits per heavy atom. The number of amides is 1. The van der Waals surface area contributed by atoms with Crippen LogP contribution in [-0.2, 0) is 21.4 Å². The molecule has 1 amide bonds. The van der Waals surface area contributed by atoms with Crippen LogP contribution in [0.3, 0.4) is 0 Å². The lowest BCUT2D eigenvalue weighted by atomic mass is 10.2. The van der Waals surface area contributed by atoms with E-state index >= 15 is 0 Å². The van der Waals surface area contributed by atoms with Crippen LogP contribution in [0, 0.1) is 11.6 Å². The smallest absolute Gasteiger partial charge is 0.243 e. The first-order valence-corrected chi connectivity index (χ1v) is 10.6. The molecule has 0 atom stereocenters. The number of hydrogen-bond acceptors (Lipinski definition) is 3. The van der Waals surface area contributed by atoms with E-state index in [0.29, 0.717) is 10.6 Å². The van der Waals surface area contributed by atoms with Crippen molar-refractivity contribution in [1.82, 2.24) is 4.31 Å². The summed E-state index contributed by atoms with van der Waals surface area (Å²) < 4.78 is 54.8. The number of hydrogen-bond donors (Lipinski definition) is 1. The summed E-state index contributed by atoms with van der Waals surface area (Å²) in [6.45, 7) is -0.757. The molecule has 9 heteroatoms. The molecule has 3 aromatic rings. The van der Waals surface area contributed by atoms with Crippen molar-refractivity contribution in [3.8, 4) is 0 Å². The van der Waals surface area contributed by atoms with Crippen LogP contribution in [0.1, 0.15) is 5.56 Å². The van der Waals surface area contributed by atoms with Gasteiger partial charge in [-0.05, 0) is 42.0 Å². The molecular formula is C21H17ClF2N2O3S. The molecule has 0 bridgehead atoms. The van der Waals surface area contributed by atoms with E-state index in [1.54, 1.807) is 30.3 Å². The number of sulfonamides is 1. The number of para-hydroxylation sites is 1. The fourth-order valence-electron chi connectivity index (χ4n) is 2.72. The first-order valence-electron chi connectivity index (χ1n) is 8.81. The van der Waals surface area contributed by atoms with Gasteiger partial charge in [-0.1, -0.05) is 48.0 Å². The van der Waals surface area contributed by atoms with E-state index in [-0.39, 0.29) is 11.4 Å². The fourth-order valence-corrected chi connectivity index (χ4v) is 4.24. The monoisotopic (exact) mass is 450 g/mol. The Balaban J connectivity index is 1.89. The molecule has 30 heavy (non-hydrogen) atoms. The maximum Gasteiger partial charge on any atom is 0.243 e. The van der Waals surface area contributed by atoms with Gasteiger partial charge in [-0.15, -0.1) is 0 Å². The molecule has 0 heterocycles. The summed E-state index contributed by atoms with van der Waals surface area (Å²) >= 11 is 5.83. The van der Waals surface area contributed by atoms with Gasteiger partial charge >= 0.3 is 0 Å². The Bertz CT molecular complexity index is 1120. The van der Waals surface area contributed by atoms with E-state index in [0.717, 1.165) is 22.5 Å². The van der Waals surface area contributed by atoms with Crippen molar-refractivity contribution < 1.29 is 22.0 Å².